The number of rotatable bonds is 6. The molecule has 0 aromatic heterocycles. The highest BCUT2D eigenvalue weighted by Crippen LogP contribution is 2.39. The van der Waals surface area contributed by atoms with Crippen molar-refractivity contribution in [3.63, 3.8) is 0 Å². The summed E-state index contributed by atoms with van der Waals surface area (Å²) in [6.45, 7) is 1.99. The van der Waals surface area contributed by atoms with E-state index in [1.165, 1.54) is 29.4 Å². The third-order valence-electron chi connectivity index (χ3n) is 6.54. The van der Waals surface area contributed by atoms with E-state index in [-0.39, 0.29) is 40.8 Å². The number of aryl methyl sites for hydroxylation is 1. The molecule has 2 aromatic rings. The van der Waals surface area contributed by atoms with Crippen LogP contribution in [0.5, 0.6) is 5.75 Å². The molecule has 2 unspecified atom stereocenters. The first-order valence-corrected chi connectivity index (χ1v) is 12.3. The number of hydrogen-bond acceptors (Lipinski definition) is 5. The lowest BCUT2D eigenvalue weighted by molar-refractivity contribution is -0.140. The number of carbonyl (C=O) groups excluding carboxylic acids is 2. The van der Waals surface area contributed by atoms with Crippen LogP contribution in [0.25, 0.3) is 0 Å². The SMILES string of the molecule is COc1ccc(CN2C(=O)C3CCCCC3C2=O)cc1S(=O)(=O)N(C)c1ccc(C)cc1. The molecular formula is C24H28N2O5S. The van der Waals surface area contributed by atoms with Crippen LogP contribution in [0.15, 0.2) is 47.4 Å². The van der Waals surface area contributed by atoms with E-state index in [4.69, 9.17) is 4.74 Å². The van der Waals surface area contributed by atoms with E-state index in [9.17, 15) is 18.0 Å². The maximum atomic E-state index is 13.4. The van der Waals surface area contributed by atoms with Crippen LogP contribution in [0.1, 0.15) is 36.8 Å². The highest BCUT2D eigenvalue weighted by Gasteiger charge is 2.48. The van der Waals surface area contributed by atoms with Gasteiger partial charge in [0.25, 0.3) is 10.0 Å². The molecule has 2 aromatic carbocycles. The van der Waals surface area contributed by atoms with Gasteiger partial charge in [-0.25, -0.2) is 8.42 Å². The first-order valence-electron chi connectivity index (χ1n) is 10.8. The molecule has 1 aliphatic carbocycles. The third kappa shape index (κ3) is 3.88. The first-order chi connectivity index (χ1) is 15.2. The van der Waals surface area contributed by atoms with Crippen molar-refractivity contribution in [2.75, 3.05) is 18.5 Å². The molecule has 32 heavy (non-hydrogen) atoms. The fraction of sp³-hybridized carbons (Fsp3) is 0.417. The normalized spacial score (nSPS) is 20.9. The molecule has 2 amide bonds. The number of methoxy groups -OCH3 is 1. The number of likely N-dealkylation sites (tertiary alicyclic amines) is 1. The summed E-state index contributed by atoms with van der Waals surface area (Å²) < 4.78 is 33.4. The van der Waals surface area contributed by atoms with E-state index in [0.717, 1.165) is 31.2 Å². The molecule has 0 bridgehead atoms. The summed E-state index contributed by atoms with van der Waals surface area (Å²) in [5.74, 6) is -0.537. The average molecular weight is 457 g/mol. The summed E-state index contributed by atoms with van der Waals surface area (Å²) in [5.41, 5.74) is 2.12. The lowest BCUT2D eigenvalue weighted by atomic mass is 9.81. The van der Waals surface area contributed by atoms with Crippen LogP contribution in [-0.2, 0) is 26.2 Å². The zero-order chi connectivity index (χ0) is 23.0. The van der Waals surface area contributed by atoms with Gasteiger partial charge in [0.2, 0.25) is 11.8 Å². The van der Waals surface area contributed by atoms with Crippen LogP contribution in [0.4, 0.5) is 5.69 Å². The molecule has 4 rings (SSSR count). The Labute approximate surface area is 189 Å². The van der Waals surface area contributed by atoms with Gasteiger partial charge in [-0.15, -0.1) is 0 Å². The number of sulfonamides is 1. The summed E-state index contributed by atoms with van der Waals surface area (Å²) in [6, 6.07) is 12.0. The van der Waals surface area contributed by atoms with Crippen molar-refractivity contribution < 1.29 is 22.7 Å². The van der Waals surface area contributed by atoms with Gasteiger partial charge in [0.05, 0.1) is 31.2 Å². The van der Waals surface area contributed by atoms with Gasteiger partial charge < -0.3 is 4.74 Å². The number of ether oxygens (including phenoxy) is 1. The van der Waals surface area contributed by atoms with Gasteiger partial charge >= 0.3 is 0 Å². The molecule has 1 heterocycles. The first kappa shape index (κ1) is 22.3. The fourth-order valence-electron chi connectivity index (χ4n) is 4.63. The van der Waals surface area contributed by atoms with Crippen LogP contribution < -0.4 is 9.04 Å². The summed E-state index contributed by atoms with van der Waals surface area (Å²) in [7, 11) is -1.03. The minimum absolute atomic E-state index is 0.00270. The zero-order valence-corrected chi connectivity index (χ0v) is 19.4. The van der Waals surface area contributed by atoms with Crippen molar-refractivity contribution >= 4 is 27.5 Å². The molecule has 1 saturated heterocycles. The fourth-order valence-corrected chi connectivity index (χ4v) is 6.03. The number of amides is 2. The van der Waals surface area contributed by atoms with Gasteiger partial charge in [-0.2, -0.15) is 0 Å². The van der Waals surface area contributed by atoms with Crippen molar-refractivity contribution in [2.24, 2.45) is 11.8 Å². The van der Waals surface area contributed by atoms with E-state index < -0.39 is 10.0 Å². The maximum absolute atomic E-state index is 13.4. The van der Waals surface area contributed by atoms with Crippen LogP contribution >= 0.6 is 0 Å². The second-order valence-electron chi connectivity index (χ2n) is 8.55. The topological polar surface area (TPSA) is 84.0 Å². The van der Waals surface area contributed by atoms with Crippen LogP contribution in [0, 0.1) is 18.8 Å². The van der Waals surface area contributed by atoms with Gasteiger partial charge in [-0.3, -0.25) is 18.8 Å². The minimum atomic E-state index is -3.93. The Kier molecular flexibility index (Phi) is 5.99. The lowest BCUT2D eigenvalue weighted by Gasteiger charge is -2.22. The molecule has 2 fully saturated rings. The van der Waals surface area contributed by atoms with Gasteiger partial charge in [0, 0.05) is 7.05 Å². The van der Waals surface area contributed by atoms with E-state index in [1.807, 2.05) is 19.1 Å². The Bertz CT molecular complexity index is 1120. The summed E-state index contributed by atoms with van der Waals surface area (Å²) in [4.78, 5) is 27.0. The molecule has 0 N–H and O–H groups in total. The molecule has 1 aliphatic heterocycles. The van der Waals surface area contributed by atoms with E-state index in [2.05, 4.69) is 0 Å². The number of carbonyl (C=O) groups is 2. The van der Waals surface area contributed by atoms with E-state index in [1.54, 1.807) is 24.3 Å². The Hall–Kier alpha value is -2.87. The Morgan fingerprint density at radius 3 is 2.16 bits per heavy atom. The zero-order valence-electron chi connectivity index (χ0n) is 18.6. The van der Waals surface area contributed by atoms with Crippen LogP contribution in [-0.4, -0.2) is 39.3 Å². The van der Waals surface area contributed by atoms with E-state index >= 15 is 0 Å². The smallest absolute Gasteiger partial charge is 0.267 e. The van der Waals surface area contributed by atoms with Gasteiger partial charge in [-0.1, -0.05) is 36.6 Å². The number of imide groups is 1. The minimum Gasteiger partial charge on any atom is -0.495 e. The molecule has 2 atom stereocenters. The Balaban J connectivity index is 1.65. The predicted octanol–water partition coefficient (Wildman–Crippen LogP) is 3.50. The van der Waals surface area contributed by atoms with Crippen molar-refractivity contribution in [1.82, 2.24) is 4.90 Å². The second kappa shape index (κ2) is 8.58. The molecular weight excluding hydrogens is 428 g/mol. The van der Waals surface area contributed by atoms with Crippen LogP contribution in [0.3, 0.4) is 0 Å². The third-order valence-corrected chi connectivity index (χ3v) is 8.34. The maximum Gasteiger partial charge on any atom is 0.267 e. The monoisotopic (exact) mass is 456 g/mol. The number of hydrogen-bond donors (Lipinski definition) is 0. The molecule has 2 aliphatic rings. The number of anilines is 1. The molecule has 7 nitrogen and oxygen atoms in total. The van der Waals surface area contributed by atoms with Crippen molar-refractivity contribution in [1.29, 1.82) is 0 Å². The lowest BCUT2D eigenvalue weighted by Crippen LogP contribution is -2.31. The highest BCUT2D eigenvalue weighted by atomic mass is 32.2. The molecule has 0 radical (unpaired) electrons. The van der Waals surface area contributed by atoms with Crippen molar-refractivity contribution in [3.05, 3.63) is 53.6 Å². The van der Waals surface area contributed by atoms with Crippen LogP contribution in [0.2, 0.25) is 0 Å². The Morgan fingerprint density at radius 2 is 1.59 bits per heavy atom. The van der Waals surface area contributed by atoms with Gasteiger partial charge in [-0.05, 0) is 49.6 Å². The molecule has 8 heteroatoms. The highest BCUT2D eigenvalue weighted by molar-refractivity contribution is 7.92. The number of fused-ring (bicyclic) bond motifs is 1. The largest absolute Gasteiger partial charge is 0.495 e. The number of benzene rings is 2. The second-order valence-corrected chi connectivity index (χ2v) is 10.5. The van der Waals surface area contributed by atoms with Gasteiger partial charge in [0.15, 0.2) is 0 Å². The summed E-state index contributed by atoms with van der Waals surface area (Å²) in [5, 5.41) is 0. The summed E-state index contributed by atoms with van der Waals surface area (Å²) in [6.07, 6.45) is 3.42. The molecule has 0 spiro atoms. The van der Waals surface area contributed by atoms with E-state index in [0.29, 0.717) is 11.3 Å². The number of nitrogens with zero attached hydrogens (tertiary/aromatic N) is 2. The summed E-state index contributed by atoms with van der Waals surface area (Å²) >= 11 is 0. The predicted molar refractivity (Wildman–Crippen MR) is 121 cm³/mol. The Morgan fingerprint density at radius 1 is 1.00 bits per heavy atom. The van der Waals surface area contributed by atoms with Crippen molar-refractivity contribution in [3.8, 4) is 5.75 Å². The van der Waals surface area contributed by atoms with Gasteiger partial charge in [0.1, 0.15) is 10.6 Å². The molecule has 1 saturated carbocycles. The van der Waals surface area contributed by atoms with Crippen molar-refractivity contribution in [2.45, 2.75) is 44.0 Å². The quantitative estimate of drug-likeness (QED) is 0.621. The standard InChI is InChI=1S/C24H28N2O5S/c1-16-8-11-18(12-9-16)25(2)32(29,30)22-14-17(10-13-21(22)31-3)15-26-23(27)19-6-4-5-7-20(19)24(26)28/h8-14,19-20H,4-7,15H2,1-3H3. The average Bonchev–Trinajstić information content (AvgIpc) is 3.04. The molecule has 170 valence electrons.